The zero-order chi connectivity index (χ0) is 12.4. The summed E-state index contributed by atoms with van der Waals surface area (Å²) in [6.45, 7) is 4.49. The van der Waals surface area contributed by atoms with Crippen molar-refractivity contribution in [2.45, 2.75) is 51.6 Å². The molecule has 17 heavy (non-hydrogen) atoms. The van der Waals surface area contributed by atoms with E-state index in [0.717, 1.165) is 6.42 Å². The van der Waals surface area contributed by atoms with Gasteiger partial charge in [0.05, 0.1) is 11.7 Å². The number of rotatable bonds is 4. The van der Waals surface area contributed by atoms with Crippen LogP contribution in [0.15, 0.2) is 0 Å². The maximum absolute atomic E-state index is 4.85. The van der Waals surface area contributed by atoms with Gasteiger partial charge in [0.25, 0.3) is 0 Å². The third-order valence-corrected chi connectivity index (χ3v) is 5.07. The lowest BCUT2D eigenvalue weighted by molar-refractivity contribution is 0.489. The predicted octanol–water partition coefficient (Wildman–Crippen LogP) is 2.97. The number of thiazole rings is 1. The Labute approximate surface area is 108 Å². The van der Waals surface area contributed by atoms with Crippen LogP contribution >= 0.6 is 11.3 Å². The molecule has 2 atom stereocenters. The van der Waals surface area contributed by atoms with E-state index in [9.17, 15) is 0 Å². The van der Waals surface area contributed by atoms with E-state index in [-0.39, 0.29) is 0 Å². The summed E-state index contributed by atoms with van der Waals surface area (Å²) in [5.74, 6) is 0. The summed E-state index contributed by atoms with van der Waals surface area (Å²) in [7, 11) is 4.20. The number of nitrogens with one attached hydrogen (secondary N) is 1. The molecule has 1 aromatic rings. The first-order chi connectivity index (χ1) is 8.17. The summed E-state index contributed by atoms with van der Waals surface area (Å²) in [4.78, 5) is 8.66. The smallest absolute Gasteiger partial charge is 0.185 e. The van der Waals surface area contributed by atoms with Gasteiger partial charge in [-0.05, 0) is 39.7 Å². The van der Waals surface area contributed by atoms with E-state index in [0.29, 0.717) is 12.1 Å². The van der Waals surface area contributed by atoms with Crippen LogP contribution in [0.25, 0.3) is 0 Å². The van der Waals surface area contributed by atoms with Crippen LogP contribution in [0.2, 0.25) is 0 Å². The van der Waals surface area contributed by atoms with Gasteiger partial charge in [0.1, 0.15) is 0 Å². The normalized spacial score (nSPS) is 21.1. The third kappa shape index (κ3) is 2.47. The van der Waals surface area contributed by atoms with E-state index in [1.54, 1.807) is 0 Å². The van der Waals surface area contributed by atoms with E-state index < -0.39 is 0 Å². The van der Waals surface area contributed by atoms with E-state index in [2.05, 4.69) is 31.1 Å². The molecule has 1 aliphatic carbocycles. The average molecular weight is 253 g/mol. The van der Waals surface area contributed by atoms with Crippen LogP contribution in [-0.2, 0) is 6.42 Å². The van der Waals surface area contributed by atoms with Crippen molar-refractivity contribution in [3.05, 3.63) is 10.6 Å². The topological polar surface area (TPSA) is 28.2 Å². The molecule has 96 valence electrons. The van der Waals surface area contributed by atoms with Crippen LogP contribution in [-0.4, -0.2) is 25.1 Å². The highest BCUT2D eigenvalue weighted by Crippen LogP contribution is 2.36. The molecule has 0 aliphatic heterocycles. The Kier molecular flexibility index (Phi) is 4.05. The second-order valence-electron chi connectivity index (χ2n) is 4.91. The van der Waals surface area contributed by atoms with Crippen molar-refractivity contribution < 1.29 is 0 Å². The first-order valence-corrected chi connectivity index (χ1v) is 7.38. The molecule has 0 fully saturated rings. The fraction of sp³-hybridized carbons (Fsp3) is 0.769. The molecule has 0 bridgehead atoms. The molecule has 0 amide bonds. The fourth-order valence-electron chi connectivity index (χ4n) is 2.30. The monoisotopic (exact) mass is 253 g/mol. The molecule has 2 unspecified atom stereocenters. The van der Waals surface area contributed by atoms with Gasteiger partial charge in [-0.3, -0.25) is 0 Å². The number of hydrogen-bond acceptors (Lipinski definition) is 4. The molecule has 2 rings (SSSR count). The van der Waals surface area contributed by atoms with E-state index in [4.69, 9.17) is 4.98 Å². The van der Waals surface area contributed by atoms with Crippen molar-refractivity contribution in [3.8, 4) is 0 Å². The van der Waals surface area contributed by atoms with E-state index >= 15 is 0 Å². The Balaban J connectivity index is 2.24. The van der Waals surface area contributed by atoms with Crippen molar-refractivity contribution >= 4 is 16.5 Å². The second kappa shape index (κ2) is 5.36. The Bertz CT molecular complexity index is 375. The van der Waals surface area contributed by atoms with Gasteiger partial charge < -0.3 is 10.2 Å². The fourth-order valence-corrected chi connectivity index (χ4v) is 3.53. The predicted molar refractivity (Wildman–Crippen MR) is 75.0 cm³/mol. The molecule has 1 N–H and O–H groups in total. The molecular weight excluding hydrogens is 230 g/mol. The standard InChI is InChI=1S/C13H23N3S/c1-5-9(2)16(4)13-15-12-10(14-3)7-6-8-11(12)17-13/h9-10,14H,5-8H2,1-4H3. The molecule has 1 aromatic heterocycles. The Hall–Kier alpha value is -0.610. The molecule has 0 radical (unpaired) electrons. The maximum atomic E-state index is 4.85. The highest BCUT2D eigenvalue weighted by atomic mass is 32.1. The van der Waals surface area contributed by atoms with Crippen LogP contribution in [0.1, 0.15) is 49.7 Å². The molecule has 0 saturated carbocycles. The Morgan fingerprint density at radius 1 is 1.59 bits per heavy atom. The largest absolute Gasteiger partial charge is 0.348 e. The van der Waals surface area contributed by atoms with Gasteiger partial charge in [0, 0.05) is 18.0 Å². The molecule has 4 heteroatoms. The Morgan fingerprint density at radius 2 is 2.35 bits per heavy atom. The zero-order valence-electron chi connectivity index (χ0n) is 11.3. The lowest BCUT2D eigenvalue weighted by atomic mass is 9.98. The molecule has 1 aliphatic rings. The quantitative estimate of drug-likeness (QED) is 0.894. The first kappa shape index (κ1) is 12.8. The van der Waals surface area contributed by atoms with Crippen LogP contribution in [0.5, 0.6) is 0 Å². The molecule has 0 aromatic carbocycles. The van der Waals surface area contributed by atoms with Crippen molar-refractivity contribution in [2.75, 3.05) is 19.0 Å². The first-order valence-electron chi connectivity index (χ1n) is 6.57. The third-order valence-electron chi connectivity index (χ3n) is 3.85. The van der Waals surface area contributed by atoms with E-state index in [1.165, 1.54) is 35.0 Å². The minimum atomic E-state index is 0.467. The summed E-state index contributed by atoms with van der Waals surface area (Å²) in [5, 5.41) is 4.57. The van der Waals surface area contributed by atoms with Crippen molar-refractivity contribution in [2.24, 2.45) is 0 Å². The molecule has 3 nitrogen and oxygen atoms in total. The maximum Gasteiger partial charge on any atom is 0.185 e. The minimum absolute atomic E-state index is 0.467. The number of nitrogens with zero attached hydrogens (tertiary/aromatic N) is 2. The summed E-state index contributed by atoms with van der Waals surface area (Å²) < 4.78 is 0. The van der Waals surface area contributed by atoms with Gasteiger partial charge in [-0.1, -0.05) is 6.92 Å². The number of aryl methyl sites for hydroxylation is 1. The van der Waals surface area contributed by atoms with Crippen LogP contribution < -0.4 is 10.2 Å². The summed E-state index contributed by atoms with van der Waals surface area (Å²) >= 11 is 1.88. The summed E-state index contributed by atoms with van der Waals surface area (Å²) in [5.41, 5.74) is 1.30. The van der Waals surface area contributed by atoms with Gasteiger partial charge in [-0.15, -0.1) is 11.3 Å². The van der Waals surface area contributed by atoms with Gasteiger partial charge in [-0.25, -0.2) is 4.98 Å². The SMILES string of the molecule is CCC(C)N(C)c1nc2c(s1)CCCC2NC. The highest BCUT2D eigenvalue weighted by molar-refractivity contribution is 7.15. The number of hydrogen-bond donors (Lipinski definition) is 1. The van der Waals surface area contributed by atoms with Crippen LogP contribution in [0, 0.1) is 0 Å². The molecule has 0 spiro atoms. The summed E-state index contributed by atoms with van der Waals surface area (Å²) in [6, 6.07) is 1.03. The summed E-state index contributed by atoms with van der Waals surface area (Å²) in [6.07, 6.45) is 4.88. The van der Waals surface area contributed by atoms with Gasteiger partial charge >= 0.3 is 0 Å². The molecular formula is C13H23N3S. The lowest BCUT2D eigenvalue weighted by Crippen LogP contribution is -2.28. The van der Waals surface area contributed by atoms with E-state index in [1.807, 2.05) is 18.4 Å². The van der Waals surface area contributed by atoms with Gasteiger partial charge in [0.2, 0.25) is 0 Å². The van der Waals surface area contributed by atoms with Gasteiger partial charge in [0.15, 0.2) is 5.13 Å². The lowest BCUT2D eigenvalue weighted by Gasteiger charge is -2.23. The number of fused-ring (bicyclic) bond motifs is 1. The number of anilines is 1. The van der Waals surface area contributed by atoms with Crippen molar-refractivity contribution in [1.82, 2.24) is 10.3 Å². The van der Waals surface area contributed by atoms with Crippen molar-refractivity contribution in [3.63, 3.8) is 0 Å². The minimum Gasteiger partial charge on any atom is -0.348 e. The van der Waals surface area contributed by atoms with Crippen molar-refractivity contribution in [1.29, 1.82) is 0 Å². The average Bonchev–Trinajstić information content (AvgIpc) is 2.80. The molecule has 0 saturated heterocycles. The number of aromatic nitrogens is 1. The zero-order valence-corrected chi connectivity index (χ0v) is 12.1. The highest BCUT2D eigenvalue weighted by Gasteiger charge is 2.25. The van der Waals surface area contributed by atoms with Crippen LogP contribution in [0.3, 0.4) is 0 Å². The molecule has 1 heterocycles. The van der Waals surface area contributed by atoms with Crippen LogP contribution in [0.4, 0.5) is 5.13 Å². The Morgan fingerprint density at radius 3 is 3.00 bits per heavy atom. The second-order valence-corrected chi connectivity index (χ2v) is 5.97. The van der Waals surface area contributed by atoms with Gasteiger partial charge in [-0.2, -0.15) is 0 Å².